The van der Waals surface area contributed by atoms with E-state index < -0.39 is 11.9 Å². The molecule has 1 atom stereocenters. The molecule has 0 saturated heterocycles. The van der Waals surface area contributed by atoms with Crippen LogP contribution < -0.4 is 14.8 Å². The first-order valence-corrected chi connectivity index (χ1v) is 9.17. The predicted octanol–water partition coefficient (Wildman–Crippen LogP) is 3.51. The number of ether oxygens (including phenoxy) is 3. The maximum atomic E-state index is 12.1. The fourth-order valence-electron chi connectivity index (χ4n) is 2.42. The lowest BCUT2D eigenvalue weighted by atomic mass is 10.1. The van der Waals surface area contributed by atoms with Crippen molar-refractivity contribution >= 4 is 29.3 Å². The van der Waals surface area contributed by atoms with Gasteiger partial charge in [-0.05, 0) is 50.3 Å². The van der Waals surface area contributed by atoms with Crippen molar-refractivity contribution in [3.63, 3.8) is 0 Å². The van der Waals surface area contributed by atoms with E-state index in [1.165, 1.54) is 6.08 Å². The van der Waals surface area contributed by atoms with Gasteiger partial charge < -0.3 is 19.5 Å². The van der Waals surface area contributed by atoms with Gasteiger partial charge in [0.25, 0.3) is 5.91 Å². The number of carbonyl (C=O) groups is 2. The molecule has 1 amide bonds. The van der Waals surface area contributed by atoms with Crippen molar-refractivity contribution in [3.8, 4) is 11.5 Å². The molecule has 1 aromatic heterocycles. The molecule has 0 bridgehead atoms. The van der Waals surface area contributed by atoms with Crippen LogP contribution in [0.2, 0.25) is 0 Å². The highest BCUT2D eigenvalue weighted by Gasteiger charge is 2.16. The van der Waals surface area contributed by atoms with Crippen LogP contribution in [-0.2, 0) is 14.3 Å². The van der Waals surface area contributed by atoms with Crippen molar-refractivity contribution in [1.29, 1.82) is 0 Å². The summed E-state index contributed by atoms with van der Waals surface area (Å²) in [6.07, 6.45) is 2.98. The van der Waals surface area contributed by atoms with E-state index in [-0.39, 0.29) is 12.6 Å². The third-order valence-corrected chi connectivity index (χ3v) is 4.74. The van der Waals surface area contributed by atoms with Crippen molar-refractivity contribution in [2.45, 2.75) is 19.9 Å². The second kappa shape index (κ2) is 9.78. The van der Waals surface area contributed by atoms with Gasteiger partial charge in [0.15, 0.2) is 6.61 Å². The Kier molecular flexibility index (Phi) is 7.43. The molecule has 6 nitrogen and oxygen atoms in total. The Balaban J connectivity index is 1.88. The van der Waals surface area contributed by atoms with Crippen LogP contribution in [0, 0.1) is 6.92 Å². The second-order valence-electron chi connectivity index (χ2n) is 5.79. The standard InChI is InChI=1S/C20H23NO5S/c1-13-5-7-16(27-13)8-10-20(23)26-12-19(22)21-14(2)17-11-15(24-3)6-9-18(17)25-4/h5-11,14H,12H2,1-4H3,(H,21,22)/b10-8+/t14-/m0/s1. The van der Waals surface area contributed by atoms with E-state index in [9.17, 15) is 9.59 Å². The van der Waals surface area contributed by atoms with Crippen molar-refractivity contribution < 1.29 is 23.8 Å². The predicted molar refractivity (Wildman–Crippen MR) is 105 cm³/mol. The number of nitrogens with one attached hydrogen (secondary N) is 1. The van der Waals surface area contributed by atoms with Crippen molar-refractivity contribution in [1.82, 2.24) is 5.32 Å². The molecule has 0 radical (unpaired) electrons. The number of rotatable bonds is 8. The molecule has 0 fully saturated rings. The van der Waals surface area contributed by atoms with Crippen LogP contribution in [0.1, 0.15) is 28.3 Å². The van der Waals surface area contributed by atoms with Gasteiger partial charge in [-0.25, -0.2) is 4.79 Å². The Morgan fingerprint density at radius 3 is 2.59 bits per heavy atom. The lowest BCUT2D eigenvalue weighted by Crippen LogP contribution is -2.31. The highest BCUT2D eigenvalue weighted by Crippen LogP contribution is 2.29. The molecule has 0 aliphatic carbocycles. The summed E-state index contributed by atoms with van der Waals surface area (Å²) in [5, 5.41) is 2.78. The van der Waals surface area contributed by atoms with Gasteiger partial charge in [0, 0.05) is 21.4 Å². The van der Waals surface area contributed by atoms with Crippen molar-refractivity contribution in [2.24, 2.45) is 0 Å². The summed E-state index contributed by atoms with van der Waals surface area (Å²) < 4.78 is 15.5. The maximum Gasteiger partial charge on any atom is 0.331 e. The molecule has 2 aromatic rings. The van der Waals surface area contributed by atoms with Crippen molar-refractivity contribution in [3.05, 3.63) is 51.7 Å². The van der Waals surface area contributed by atoms with Crippen LogP contribution in [-0.4, -0.2) is 32.7 Å². The molecule has 1 heterocycles. The van der Waals surface area contributed by atoms with Gasteiger partial charge in [0.2, 0.25) is 0 Å². The highest BCUT2D eigenvalue weighted by atomic mass is 32.1. The largest absolute Gasteiger partial charge is 0.497 e. The minimum absolute atomic E-state index is 0.342. The highest BCUT2D eigenvalue weighted by molar-refractivity contribution is 7.12. The average molecular weight is 389 g/mol. The van der Waals surface area contributed by atoms with E-state index >= 15 is 0 Å². The molecule has 0 aliphatic rings. The molecule has 0 aliphatic heterocycles. The van der Waals surface area contributed by atoms with Gasteiger partial charge >= 0.3 is 5.97 Å². The first-order valence-electron chi connectivity index (χ1n) is 8.35. The van der Waals surface area contributed by atoms with E-state index in [1.807, 2.05) is 26.0 Å². The Bertz CT molecular complexity index is 828. The number of carbonyl (C=O) groups excluding carboxylic acids is 2. The van der Waals surface area contributed by atoms with Crippen LogP contribution in [0.3, 0.4) is 0 Å². The Labute approximate surface area is 162 Å². The molecule has 0 spiro atoms. The summed E-state index contributed by atoms with van der Waals surface area (Å²) in [5.74, 6) is 0.325. The number of thiophene rings is 1. The molecular formula is C20H23NO5S. The van der Waals surface area contributed by atoms with Gasteiger partial charge in [0.1, 0.15) is 11.5 Å². The van der Waals surface area contributed by atoms with E-state index in [0.29, 0.717) is 11.5 Å². The number of hydrogen-bond donors (Lipinski definition) is 1. The Hall–Kier alpha value is -2.80. The topological polar surface area (TPSA) is 73.9 Å². The van der Waals surface area contributed by atoms with Crippen LogP contribution in [0.25, 0.3) is 6.08 Å². The lowest BCUT2D eigenvalue weighted by molar-refractivity contribution is -0.144. The zero-order chi connectivity index (χ0) is 19.8. The second-order valence-corrected chi connectivity index (χ2v) is 7.11. The summed E-state index contributed by atoms with van der Waals surface area (Å²) in [6, 6.07) is 8.89. The van der Waals surface area contributed by atoms with Gasteiger partial charge in [-0.3, -0.25) is 4.79 Å². The number of aryl methyl sites for hydroxylation is 1. The van der Waals surface area contributed by atoms with E-state index in [1.54, 1.807) is 49.8 Å². The van der Waals surface area contributed by atoms with Gasteiger partial charge in [-0.2, -0.15) is 0 Å². The number of benzene rings is 1. The first-order chi connectivity index (χ1) is 12.9. The molecule has 7 heteroatoms. The van der Waals surface area contributed by atoms with Crippen LogP contribution >= 0.6 is 11.3 Å². The van der Waals surface area contributed by atoms with E-state index in [4.69, 9.17) is 14.2 Å². The minimum atomic E-state index is -0.567. The summed E-state index contributed by atoms with van der Waals surface area (Å²) >= 11 is 1.57. The quantitative estimate of drug-likeness (QED) is 0.552. The monoisotopic (exact) mass is 389 g/mol. The Morgan fingerprint density at radius 1 is 1.19 bits per heavy atom. The fourth-order valence-corrected chi connectivity index (χ4v) is 3.20. The SMILES string of the molecule is COc1ccc(OC)c([C@H](C)NC(=O)COC(=O)/C=C/c2ccc(C)s2)c1. The number of amides is 1. The lowest BCUT2D eigenvalue weighted by Gasteiger charge is -2.18. The molecular weight excluding hydrogens is 366 g/mol. The summed E-state index contributed by atoms with van der Waals surface area (Å²) in [6.45, 7) is 3.45. The first kappa shape index (κ1) is 20.5. The zero-order valence-electron chi connectivity index (χ0n) is 15.8. The molecule has 2 rings (SSSR count). The molecule has 27 heavy (non-hydrogen) atoms. The number of esters is 1. The molecule has 144 valence electrons. The summed E-state index contributed by atoms with van der Waals surface area (Å²) in [5.41, 5.74) is 0.768. The summed E-state index contributed by atoms with van der Waals surface area (Å²) in [7, 11) is 3.13. The fraction of sp³-hybridized carbons (Fsp3) is 0.300. The van der Waals surface area contributed by atoms with Crippen LogP contribution in [0.5, 0.6) is 11.5 Å². The van der Waals surface area contributed by atoms with E-state index in [2.05, 4.69) is 5.32 Å². The third-order valence-electron chi connectivity index (χ3n) is 3.77. The van der Waals surface area contributed by atoms with Crippen LogP contribution in [0.4, 0.5) is 0 Å². The van der Waals surface area contributed by atoms with Crippen molar-refractivity contribution in [2.75, 3.05) is 20.8 Å². The van der Waals surface area contributed by atoms with E-state index in [0.717, 1.165) is 15.3 Å². The zero-order valence-corrected chi connectivity index (χ0v) is 16.6. The minimum Gasteiger partial charge on any atom is -0.497 e. The van der Waals surface area contributed by atoms with Crippen LogP contribution in [0.15, 0.2) is 36.4 Å². The molecule has 0 saturated carbocycles. The number of hydrogen-bond acceptors (Lipinski definition) is 6. The molecule has 1 N–H and O–H groups in total. The van der Waals surface area contributed by atoms with Gasteiger partial charge in [-0.1, -0.05) is 0 Å². The number of methoxy groups -OCH3 is 2. The summed E-state index contributed by atoms with van der Waals surface area (Å²) in [4.78, 5) is 25.9. The van der Waals surface area contributed by atoms with Gasteiger partial charge in [-0.15, -0.1) is 11.3 Å². The third kappa shape index (κ3) is 6.14. The average Bonchev–Trinajstić information content (AvgIpc) is 3.09. The van der Waals surface area contributed by atoms with Gasteiger partial charge in [0.05, 0.1) is 20.3 Å². The normalized spacial score (nSPS) is 11.9. The Morgan fingerprint density at radius 2 is 1.96 bits per heavy atom. The smallest absolute Gasteiger partial charge is 0.331 e. The molecule has 1 aromatic carbocycles. The maximum absolute atomic E-state index is 12.1. The molecule has 0 unspecified atom stereocenters.